The van der Waals surface area contributed by atoms with Gasteiger partial charge < -0.3 is 10.2 Å². The van der Waals surface area contributed by atoms with Gasteiger partial charge in [-0.15, -0.1) is 0 Å². The summed E-state index contributed by atoms with van der Waals surface area (Å²) in [4.78, 5) is 12.4. The molecule has 1 unspecified atom stereocenters. The molecule has 0 bridgehead atoms. The van der Waals surface area contributed by atoms with E-state index >= 15 is 0 Å². The zero-order chi connectivity index (χ0) is 14.7. The van der Waals surface area contributed by atoms with E-state index in [1.54, 1.807) is 0 Å². The van der Waals surface area contributed by atoms with Crippen molar-refractivity contribution in [2.45, 2.75) is 25.3 Å². The van der Waals surface area contributed by atoms with Gasteiger partial charge in [0.05, 0.1) is 20.7 Å². The molecule has 0 radical (unpaired) electrons. The maximum Gasteiger partial charge on any atom is 0.272 e. The molecule has 2 rings (SSSR count). The molecule has 1 heterocycles. The highest BCUT2D eigenvalue weighted by atomic mass is 35.5. The number of benzene rings is 1. The second kappa shape index (κ2) is 6.61. The molecule has 0 aliphatic carbocycles. The minimum absolute atomic E-state index is 0.0836. The molecule has 5 nitrogen and oxygen atoms in total. The lowest BCUT2D eigenvalue weighted by Crippen LogP contribution is -2.32. The molecule has 20 heavy (non-hydrogen) atoms. The van der Waals surface area contributed by atoms with E-state index in [0.29, 0.717) is 21.8 Å². The summed E-state index contributed by atoms with van der Waals surface area (Å²) in [5, 5.41) is 14.8. The van der Waals surface area contributed by atoms with Crippen molar-refractivity contribution in [2.75, 3.05) is 25.0 Å². The Labute approximate surface area is 128 Å². The van der Waals surface area contributed by atoms with Crippen LogP contribution in [0, 0.1) is 10.1 Å². The summed E-state index contributed by atoms with van der Waals surface area (Å²) in [6.45, 7) is 1.98. The first kappa shape index (κ1) is 15.4. The first-order valence-electron chi connectivity index (χ1n) is 6.57. The Balaban J connectivity index is 2.29. The zero-order valence-corrected chi connectivity index (χ0v) is 12.7. The highest BCUT2D eigenvalue weighted by Crippen LogP contribution is 2.38. The van der Waals surface area contributed by atoms with E-state index in [9.17, 15) is 10.1 Å². The molecule has 1 aromatic carbocycles. The summed E-state index contributed by atoms with van der Waals surface area (Å²) >= 11 is 12.4. The standard InChI is InChI=1S/C13H17Cl2N3O2/c1-17(9-3-2-5-16-6-4-9)13-11(14)7-10(18(19)20)8-12(13)15/h7-9,16H,2-6H2,1H3. The van der Waals surface area contributed by atoms with E-state index in [-0.39, 0.29) is 5.69 Å². The van der Waals surface area contributed by atoms with Crippen LogP contribution in [-0.4, -0.2) is 31.1 Å². The van der Waals surface area contributed by atoms with Crippen LogP contribution in [0.4, 0.5) is 11.4 Å². The Morgan fingerprint density at radius 2 is 1.95 bits per heavy atom. The lowest BCUT2D eigenvalue weighted by Gasteiger charge is -2.30. The summed E-state index contributed by atoms with van der Waals surface area (Å²) in [7, 11) is 1.94. The smallest absolute Gasteiger partial charge is 0.272 e. The maximum atomic E-state index is 10.8. The van der Waals surface area contributed by atoms with Gasteiger partial charge in [0.25, 0.3) is 5.69 Å². The molecule has 7 heteroatoms. The van der Waals surface area contributed by atoms with Crippen molar-refractivity contribution in [2.24, 2.45) is 0 Å². The van der Waals surface area contributed by atoms with Crippen molar-refractivity contribution in [1.82, 2.24) is 5.32 Å². The highest BCUT2D eigenvalue weighted by Gasteiger charge is 2.23. The SMILES string of the molecule is CN(c1c(Cl)cc([N+](=O)[O-])cc1Cl)C1CCCNCC1. The maximum absolute atomic E-state index is 10.8. The number of halogens is 2. The second-order valence-electron chi connectivity index (χ2n) is 4.96. The Bertz CT molecular complexity index is 479. The molecule has 1 saturated heterocycles. The van der Waals surface area contributed by atoms with Crippen molar-refractivity contribution in [1.29, 1.82) is 0 Å². The van der Waals surface area contributed by atoms with Gasteiger partial charge in [-0.2, -0.15) is 0 Å². The Hall–Kier alpha value is -1.04. The quantitative estimate of drug-likeness (QED) is 0.685. The molecule has 1 atom stereocenters. The average Bonchev–Trinajstić information content (AvgIpc) is 2.66. The first-order valence-corrected chi connectivity index (χ1v) is 7.33. The predicted octanol–water partition coefficient (Wildman–Crippen LogP) is 3.48. The molecule has 1 aromatic rings. The van der Waals surface area contributed by atoms with E-state index in [0.717, 1.165) is 32.4 Å². The lowest BCUT2D eigenvalue weighted by molar-refractivity contribution is -0.384. The van der Waals surface area contributed by atoms with Crippen LogP contribution in [0.1, 0.15) is 19.3 Å². The van der Waals surface area contributed by atoms with Crippen molar-refractivity contribution < 1.29 is 4.92 Å². The van der Waals surface area contributed by atoms with Crippen LogP contribution < -0.4 is 10.2 Å². The van der Waals surface area contributed by atoms with Crippen molar-refractivity contribution in [3.05, 3.63) is 32.3 Å². The molecule has 1 aliphatic rings. The van der Waals surface area contributed by atoms with Gasteiger partial charge in [0, 0.05) is 25.2 Å². The Morgan fingerprint density at radius 3 is 2.55 bits per heavy atom. The van der Waals surface area contributed by atoms with Crippen molar-refractivity contribution in [3.63, 3.8) is 0 Å². The van der Waals surface area contributed by atoms with Gasteiger partial charge in [-0.1, -0.05) is 23.2 Å². The van der Waals surface area contributed by atoms with Crippen LogP contribution in [0.3, 0.4) is 0 Å². The fourth-order valence-electron chi connectivity index (χ4n) is 2.57. The third-order valence-corrected chi connectivity index (χ3v) is 4.23. The number of hydrogen-bond acceptors (Lipinski definition) is 4. The van der Waals surface area contributed by atoms with E-state index in [1.807, 2.05) is 11.9 Å². The Morgan fingerprint density at radius 1 is 1.30 bits per heavy atom. The molecule has 1 fully saturated rings. The van der Waals surface area contributed by atoms with Crippen LogP contribution in [0.25, 0.3) is 0 Å². The normalized spacial score (nSPS) is 19.4. The number of non-ortho nitro benzene ring substituents is 1. The Kier molecular flexibility index (Phi) is 5.07. The van der Waals surface area contributed by atoms with E-state index in [4.69, 9.17) is 23.2 Å². The van der Waals surface area contributed by atoms with Gasteiger partial charge in [-0.25, -0.2) is 0 Å². The van der Waals surface area contributed by atoms with Crippen LogP contribution >= 0.6 is 23.2 Å². The molecule has 1 aliphatic heterocycles. The van der Waals surface area contributed by atoms with Crippen LogP contribution in [0.15, 0.2) is 12.1 Å². The van der Waals surface area contributed by atoms with Gasteiger partial charge in [0.2, 0.25) is 0 Å². The first-order chi connectivity index (χ1) is 9.50. The van der Waals surface area contributed by atoms with Gasteiger partial charge in [-0.3, -0.25) is 10.1 Å². The van der Waals surface area contributed by atoms with E-state index in [1.165, 1.54) is 12.1 Å². The number of hydrogen-bond donors (Lipinski definition) is 1. The summed E-state index contributed by atoms with van der Waals surface area (Å²) < 4.78 is 0. The van der Waals surface area contributed by atoms with Crippen LogP contribution in [-0.2, 0) is 0 Å². The van der Waals surface area contributed by atoms with Gasteiger partial charge in [-0.05, 0) is 32.4 Å². The molecule has 1 N–H and O–H groups in total. The third kappa shape index (κ3) is 3.34. The summed E-state index contributed by atoms with van der Waals surface area (Å²) in [6, 6.07) is 3.05. The largest absolute Gasteiger partial charge is 0.369 e. The summed E-state index contributed by atoms with van der Waals surface area (Å²) in [5.74, 6) is 0. The number of nitrogens with zero attached hydrogens (tertiary/aromatic N) is 2. The minimum Gasteiger partial charge on any atom is -0.369 e. The van der Waals surface area contributed by atoms with Crippen LogP contribution in [0.5, 0.6) is 0 Å². The number of anilines is 1. The molecule has 0 amide bonds. The second-order valence-corrected chi connectivity index (χ2v) is 5.78. The van der Waals surface area contributed by atoms with E-state index in [2.05, 4.69) is 5.32 Å². The molecular formula is C13H17Cl2N3O2. The third-order valence-electron chi connectivity index (χ3n) is 3.66. The molecular weight excluding hydrogens is 301 g/mol. The molecule has 0 spiro atoms. The van der Waals surface area contributed by atoms with Gasteiger partial charge in [0.1, 0.15) is 0 Å². The molecule has 0 aromatic heterocycles. The molecule has 0 saturated carbocycles. The summed E-state index contributed by atoms with van der Waals surface area (Å²) in [5.41, 5.74) is 0.588. The minimum atomic E-state index is -0.489. The fourth-order valence-corrected chi connectivity index (χ4v) is 3.31. The summed E-state index contributed by atoms with van der Waals surface area (Å²) in [6.07, 6.45) is 3.14. The average molecular weight is 318 g/mol. The van der Waals surface area contributed by atoms with E-state index < -0.39 is 4.92 Å². The van der Waals surface area contributed by atoms with Crippen LogP contribution in [0.2, 0.25) is 10.0 Å². The number of nitro benzene ring substituents is 1. The number of nitro groups is 1. The van der Waals surface area contributed by atoms with Gasteiger partial charge in [0.15, 0.2) is 0 Å². The molecule has 110 valence electrons. The van der Waals surface area contributed by atoms with Crippen molar-refractivity contribution >= 4 is 34.6 Å². The van der Waals surface area contributed by atoms with Gasteiger partial charge >= 0.3 is 0 Å². The fraction of sp³-hybridized carbons (Fsp3) is 0.538. The number of nitrogens with one attached hydrogen (secondary N) is 1. The monoisotopic (exact) mass is 317 g/mol. The predicted molar refractivity (Wildman–Crippen MR) is 82.0 cm³/mol. The highest BCUT2D eigenvalue weighted by molar-refractivity contribution is 6.39. The topological polar surface area (TPSA) is 58.4 Å². The van der Waals surface area contributed by atoms with Crippen molar-refractivity contribution in [3.8, 4) is 0 Å². The number of rotatable bonds is 3. The lowest BCUT2D eigenvalue weighted by atomic mass is 10.1. The zero-order valence-electron chi connectivity index (χ0n) is 11.2.